The lowest BCUT2D eigenvalue weighted by Gasteiger charge is -2.09. The molecule has 8 nitrogen and oxygen atoms in total. The molecule has 0 radical (unpaired) electrons. The summed E-state index contributed by atoms with van der Waals surface area (Å²) >= 11 is 0. The van der Waals surface area contributed by atoms with Crippen molar-refractivity contribution < 1.29 is 4.79 Å². The Balaban J connectivity index is 1.88. The second-order valence-corrected chi connectivity index (χ2v) is 3.26. The van der Waals surface area contributed by atoms with E-state index in [-0.39, 0.29) is 18.5 Å². The molecular weight excluding hydrogens is 210 g/mol. The maximum atomic E-state index is 11.6. The van der Waals surface area contributed by atoms with E-state index in [0.29, 0.717) is 5.82 Å². The summed E-state index contributed by atoms with van der Waals surface area (Å²) in [5.74, 6) is 0.301. The average Bonchev–Trinajstić information content (AvgIpc) is 2.88. The number of amides is 1. The molecule has 0 saturated carbocycles. The molecule has 0 aliphatic rings. The standard InChI is InChI=1S/C8H11N7O/c1-6(8-11-13-14-12-8)10-7(16)5-15-4-2-3-9-15/h2-4,6H,5H2,1H3,(H,10,16)(H,11,12,13,14). The fraction of sp³-hybridized carbons (Fsp3) is 0.375. The highest BCUT2D eigenvalue weighted by atomic mass is 16.2. The predicted octanol–water partition coefficient (Wildman–Crippen LogP) is -0.726. The van der Waals surface area contributed by atoms with Gasteiger partial charge < -0.3 is 5.32 Å². The number of H-pyrrole nitrogens is 1. The van der Waals surface area contributed by atoms with Gasteiger partial charge in [-0.2, -0.15) is 10.3 Å². The molecule has 2 aromatic heterocycles. The number of hydrogen-bond donors (Lipinski definition) is 2. The molecule has 0 saturated heterocycles. The van der Waals surface area contributed by atoms with Crippen LogP contribution in [0.5, 0.6) is 0 Å². The Morgan fingerprint density at radius 3 is 3.19 bits per heavy atom. The van der Waals surface area contributed by atoms with Crippen LogP contribution in [0.2, 0.25) is 0 Å². The third-order valence-corrected chi connectivity index (χ3v) is 1.99. The maximum absolute atomic E-state index is 11.6. The summed E-state index contributed by atoms with van der Waals surface area (Å²) < 4.78 is 1.54. The molecule has 0 aliphatic carbocycles. The number of hydrogen-bond acceptors (Lipinski definition) is 5. The molecule has 0 aromatic carbocycles. The van der Waals surface area contributed by atoms with Gasteiger partial charge in [0.05, 0.1) is 6.04 Å². The van der Waals surface area contributed by atoms with Crippen LogP contribution in [0.3, 0.4) is 0 Å². The zero-order valence-corrected chi connectivity index (χ0v) is 8.66. The summed E-state index contributed by atoms with van der Waals surface area (Å²) in [5, 5.41) is 20.0. The SMILES string of the molecule is CC(NC(=O)Cn1cccn1)c1nn[nH]n1. The third-order valence-electron chi connectivity index (χ3n) is 1.99. The van der Waals surface area contributed by atoms with Gasteiger partial charge in [0.15, 0.2) is 5.82 Å². The van der Waals surface area contributed by atoms with Gasteiger partial charge in [0.25, 0.3) is 0 Å². The second kappa shape index (κ2) is 4.51. The van der Waals surface area contributed by atoms with Crippen molar-refractivity contribution in [3.63, 3.8) is 0 Å². The first-order valence-electron chi connectivity index (χ1n) is 4.76. The van der Waals surface area contributed by atoms with Crippen LogP contribution < -0.4 is 5.32 Å². The first-order chi connectivity index (χ1) is 7.75. The minimum Gasteiger partial charge on any atom is -0.345 e. The molecule has 0 spiro atoms. The molecule has 16 heavy (non-hydrogen) atoms. The Labute approximate surface area is 91.0 Å². The molecule has 0 fully saturated rings. The number of carbonyl (C=O) groups is 1. The van der Waals surface area contributed by atoms with E-state index in [4.69, 9.17) is 0 Å². The molecule has 1 amide bonds. The monoisotopic (exact) mass is 221 g/mol. The van der Waals surface area contributed by atoms with E-state index < -0.39 is 0 Å². The number of tetrazole rings is 1. The summed E-state index contributed by atoms with van der Waals surface area (Å²) in [6.45, 7) is 1.96. The number of carbonyl (C=O) groups excluding carboxylic acids is 1. The van der Waals surface area contributed by atoms with E-state index in [1.165, 1.54) is 4.68 Å². The maximum Gasteiger partial charge on any atom is 0.242 e. The smallest absolute Gasteiger partial charge is 0.242 e. The topological polar surface area (TPSA) is 101 Å². The number of nitrogens with zero attached hydrogens (tertiary/aromatic N) is 5. The van der Waals surface area contributed by atoms with Gasteiger partial charge in [-0.15, -0.1) is 10.2 Å². The zero-order valence-electron chi connectivity index (χ0n) is 8.66. The van der Waals surface area contributed by atoms with Crippen molar-refractivity contribution in [1.82, 2.24) is 35.7 Å². The lowest BCUT2D eigenvalue weighted by Crippen LogP contribution is -2.30. The summed E-state index contributed by atoms with van der Waals surface area (Å²) in [4.78, 5) is 11.6. The summed E-state index contributed by atoms with van der Waals surface area (Å²) in [5.41, 5.74) is 0. The third kappa shape index (κ3) is 2.41. The van der Waals surface area contributed by atoms with Crippen molar-refractivity contribution in [3.05, 3.63) is 24.3 Å². The van der Waals surface area contributed by atoms with E-state index >= 15 is 0 Å². The van der Waals surface area contributed by atoms with Crippen LogP contribution in [0, 0.1) is 0 Å². The minimum absolute atomic E-state index is 0.152. The van der Waals surface area contributed by atoms with Crippen LogP contribution in [-0.2, 0) is 11.3 Å². The first-order valence-corrected chi connectivity index (χ1v) is 4.76. The second-order valence-electron chi connectivity index (χ2n) is 3.26. The normalized spacial score (nSPS) is 12.3. The molecule has 8 heteroatoms. The van der Waals surface area contributed by atoms with E-state index in [1.54, 1.807) is 25.4 Å². The Bertz CT molecular complexity index is 435. The van der Waals surface area contributed by atoms with Gasteiger partial charge >= 0.3 is 0 Å². The molecule has 0 aliphatic heterocycles. The number of aromatic nitrogens is 6. The van der Waals surface area contributed by atoms with Gasteiger partial charge in [0, 0.05) is 12.4 Å². The number of aromatic amines is 1. The molecule has 2 heterocycles. The van der Waals surface area contributed by atoms with Crippen molar-refractivity contribution in [2.75, 3.05) is 0 Å². The highest BCUT2D eigenvalue weighted by Gasteiger charge is 2.13. The van der Waals surface area contributed by atoms with E-state index in [2.05, 4.69) is 31.0 Å². The largest absolute Gasteiger partial charge is 0.345 e. The van der Waals surface area contributed by atoms with Crippen LogP contribution in [-0.4, -0.2) is 36.3 Å². The Morgan fingerprint density at radius 2 is 2.56 bits per heavy atom. The fourth-order valence-electron chi connectivity index (χ4n) is 1.25. The molecule has 2 aromatic rings. The van der Waals surface area contributed by atoms with Gasteiger partial charge in [0.2, 0.25) is 5.91 Å². The highest BCUT2D eigenvalue weighted by Crippen LogP contribution is 2.02. The average molecular weight is 221 g/mol. The molecule has 1 atom stereocenters. The molecular formula is C8H11N7O. The van der Waals surface area contributed by atoms with Crippen LogP contribution in [0.25, 0.3) is 0 Å². The predicted molar refractivity (Wildman–Crippen MR) is 53.0 cm³/mol. The molecule has 1 unspecified atom stereocenters. The van der Waals surface area contributed by atoms with Gasteiger partial charge in [-0.25, -0.2) is 0 Å². The number of rotatable bonds is 4. The van der Waals surface area contributed by atoms with Gasteiger partial charge in [0.1, 0.15) is 6.54 Å². The first kappa shape index (κ1) is 10.3. The summed E-state index contributed by atoms with van der Waals surface area (Å²) in [6, 6.07) is 1.48. The Hall–Kier alpha value is -2.25. The van der Waals surface area contributed by atoms with Crippen molar-refractivity contribution >= 4 is 5.91 Å². The van der Waals surface area contributed by atoms with Crippen LogP contribution in [0.15, 0.2) is 18.5 Å². The van der Waals surface area contributed by atoms with Crippen molar-refractivity contribution in [2.24, 2.45) is 0 Å². The summed E-state index contributed by atoms with van der Waals surface area (Å²) in [7, 11) is 0. The molecule has 2 rings (SSSR count). The molecule has 84 valence electrons. The van der Waals surface area contributed by atoms with Gasteiger partial charge in [-0.05, 0) is 13.0 Å². The minimum atomic E-state index is -0.276. The summed E-state index contributed by atoms with van der Waals surface area (Å²) in [6.07, 6.45) is 3.34. The van der Waals surface area contributed by atoms with E-state index in [9.17, 15) is 4.79 Å². The van der Waals surface area contributed by atoms with Crippen LogP contribution >= 0.6 is 0 Å². The number of nitrogens with one attached hydrogen (secondary N) is 2. The van der Waals surface area contributed by atoms with E-state index in [0.717, 1.165) is 0 Å². The van der Waals surface area contributed by atoms with E-state index in [1.807, 2.05) is 0 Å². The Morgan fingerprint density at radius 1 is 1.69 bits per heavy atom. The van der Waals surface area contributed by atoms with Crippen molar-refractivity contribution in [1.29, 1.82) is 0 Å². The van der Waals surface area contributed by atoms with Crippen LogP contribution in [0.1, 0.15) is 18.8 Å². The lowest BCUT2D eigenvalue weighted by atomic mass is 10.3. The van der Waals surface area contributed by atoms with Gasteiger partial charge in [-0.1, -0.05) is 5.21 Å². The fourth-order valence-corrected chi connectivity index (χ4v) is 1.25. The molecule has 2 N–H and O–H groups in total. The van der Waals surface area contributed by atoms with Crippen molar-refractivity contribution in [3.8, 4) is 0 Å². The van der Waals surface area contributed by atoms with Gasteiger partial charge in [-0.3, -0.25) is 9.48 Å². The quantitative estimate of drug-likeness (QED) is 0.709. The van der Waals surface area contributed by atoms with Crippen LogP contribution in [0.4, 0.5) is 0 Å². The van der Waals surface area contributed by atoms with Crippen molar-refractivity contribution in [2.45, 2.75) is 19.5 Å². The highest BCUT2D eigenvalue weighted by molar-refractivity contribution is 5.75. The lowest BCUT2D eigenvalue weighted by molar-refractivity contribution is -0.122. The molecule has 0 bridgehead atoms. The zero-order chi connectivity index (χ0) is 11.4. The Kier molecular flexibility index (Phi) is 2.90.